The van der Waals surface area contributed by atoms with Crippen molar-refractivity contribution in [3.8, 4) is 5.75 Å². The molecule has 0 saturated carbocycles. The summed E-state index contributed by atoms with van der Waals surface area (Å²) in [5.41, 5.74) is 8.02. The molecular weight excluding hydrogens is 448 g/mol. The number of hydrogen-bond acceptors (Lipinski definition) is 3. The molecule has 1 atom stereocenters. The Hall–Kier alpha value is -3.86. The van der Waals surface area contributed by atoms with Gasteiger partial charge in [-0.1, -0.05) is 54.1 Å². The summed E-state index contributed by atoms with van der Waals surface area (Å²) >= 11 is 0. The number of hydrogen-bond donors (Lipinski definition) is 1. The molecule has 184 valence electrons. The molecule has 5 rings (SSSR count). The minimum Gasteiger partial charge on any atom is -0.497 e. The molecule has 0 unspecified atom stereocenters. The molecule has 0 fully saturated rings. The van der Waals surface area contributed by atoms with Crippen molar-refractivity contribution in [3.63, 3.8) is 0 Å². The number of methoxy groups -OCH3 is 1. The van der Waals surface area contributed by atoms with Crippen molar-refractivity contribution >= 4 is 23.1 Å². The van der Waals surface area contributed by atoms with E-state index in [4.69, 9.17) is 4.74 Å². The summed E-state index contributed by atoms with van der Waals surface area (Å²) in [6.07, 6.45) is 4.64. The highest BCUT2D eigenvalue weighted by atomic mass is 16.5. The van der Waals surface area contributed by atoms with E-state index in [0.717, 1.165) is 48.3 Å². The molecule has 0 aromatic heterocycles. The number of fused-ring (bicyclic) bond motifs is 4. The van der Waals surface area contributed by atoms with Gasteiger partial charge < -0.3 is 15.0 Å². The van der Waals surface area contributed by atoms with Gasteiger partial charge in [-0.3, -0.25) is 9.59 Å². The molecule has 2 bridgehead atoms. The molecule has 5 heteroatoms. The van der Waals surface area contributed by atoms with Crippen LogP contribution in [-0.2, 0) is 28.9 Å². The van der Waals surface area contributed by atoms with E-state index < -0.39 is 6.04 Å². The summed E-state index contributed by atoms with van der Waals surface area (Å²) in [5, 5.41) is 3.09. The average Bonchev–Trinajstić information content (AvgIpc) is 3.24. The number of nitrogens with one attached hydrogen (secondary N) is 1. The van der Waals surface area contributed by atoms with Crippen LogP contribution in [0.15, 0.2) is 78.4 Å². The van der Waals surface area contributed by atoms with Gasteiger partial charge in [-0.2, -0.15) is 0 Å². The van der Waals surface area contributed by atoms with Gasteiger partial charge in [0.1, 0.15) is 11.8 Å². The number of likely N-dealkylation sites (N-methyl/N-ethyl adjacent to an activating group) is 1. The minimum atomic E-state index is -0.665. The van der Waals surface area contributed by atoms with Crippen molar-refractivity contribution < 1.29 is 14.3 Å². The van der Waals surface area contributed by atoms with Crippen molar-refractivity contribution in [1.82, 2.24) is 5.32 Å². The number of carbonyl (C=O) groups excluding carboxylic acids is 2. The standard InChI is InChI=1S/C31H32N2O3/c1-33(25-13-15-26(36-2)16-14-25)31(35)29-18-22-9-5-7-21(17-22)8-6-11-24-19-23-10-3-4-12-27(23)28(24)20-30(34)32-29/h3-5,7,9-10,12-17,29H,6,8,11,18-20H2,1-2H3,(H,32,34)/t29-/m0/s1. The van der Waals surface area contributed by atoms with Gasteiger partial charge in [-0.15, -0.1) is 0 Å². The molecule has 5 nitrogen and oxygen atoms in total. The van der Waals surface area contributed by atoms with Crippen molar-refractivity contribution in [2.24, 2.45) is 0 Å². The highest BCUT2D eigenvalue weighted by molar-refractivity contribution is 6.00. The maximum absolute atomic E-state index is 13.7. The quantitative estimate of drug-likeness (QED) is 0.566. The number of rotatable bonds is 3. The number of nitrogens with zero attached hydrogens (tertiary/aromatic N) is 1. The monoisotopic (exact) mass is 480 g/mol. The number of anilines is 1. The predicted molar refractivity (Wildman–Crippen MR) is 143 cm³/mol. The number of ether oxygens (including phenoxy) is 1. The van der Waals surface area contributed by atoms with E-state index in [1.165, 1.54) is 22.3 Å². The van der Waals surface area contributed by atoms with Crippen LogP contribution in [0.1, 0.15) is 41.5 Å². The van der Waals surface area contributed by atoms with E-state index in [-0.39, 0.29) is 11.8 Å². The van der Waals surface area contributed by atoms with Gasteiger partial charge in [-0.05, 0) is 77.8 Å². The lowest BCUT2D eigenvalue weighted by molar-refractivity contribution is -0.126. The second kappa shape index (κ2) is 10.4. The number of aryl methyl sites for hydroxylation is 1. The second-order valence-electron chi connectivity index (χ2n) is 9.69. The first kappa shape index (κ1) is 23.9. The van der Waals surface area contributed by atoms with E-state index >= 15 is 0 Å². The third-order valence-electron chi connectivity index (χ3n) is 7.31. The molecule has 0 spiro atoms. The Balaban J connectivity index is 1.45. The van der Waals surface area contributed by atoms with Crippen LogP contribution >= 0.6 is 0 Å². The molecule has 2 amide bonds. The number of carbonyl (C=O) groups is 2. The molecule has 3 aromatic rings. The minimum absolute atomic E-state index is 0.115. The van der Waals surface area contributed by atoms with Crippen LogP contribution in [0.3, 0.4) is 0 Å². The van der Waals surface area contributed by atoms with E-state index in [9.17, 15) is 9.59 Å². The Kier molecular flexibility index (Phi) is 6.90. The Morgan fingerprint density at radius 3 is 2.53 bits per heavy atom. The highest BCUT2D eigenvalue weighted by Crippen LogP contribution is 2.37. The van der Waals surface area contributed by atoms with E-state index in [2.05, 4.69) is 41.7 Å². The SMILES string of the molecule is COc1ccc(N(C)C(=O)[C@@H]2Cc3cccc(c3)CCCC3=C(CC(=O)N2)c2ccccc2C3)cc1. The summed E-state index contributed by atoms with van der Waals surface area (Å²) in [4.78, 5) is 28.7. The van der Waals surface area contributed by atoms with E-state index in [0.29, 0.717) is 12.8 Å². The van der Waals surface area contributed by atoms with Gasteiger partial charge in [0.05, 0.1) is 13.5 Å². The van der Waals surface area contributed by atoms with Crippen molar-refractivity contribution in [3.05, 3.63) is 101 Å². The first-order valence-corrected chi connectivity index (χ1v) is 12.6. The fraction of sp³-hybridized carbons (Fsp3) is 0.290. The van der Waals surface area contributed by atoms with Crippen LogP contribution < -0.4 is 15.0 Å². The zero-order valence-corrected chi connectivity index (χ0v) is 20.9. The van der Waals surface area contributed by atoms with Gasteiger partial charge in [-0.25, -0.2) is 0 Å². The number of amides is 2. The summed E-state index contributed by atoms with van der Waals surface area (Å²) in [7, 11) is 3.37. The fourth-order valence-electron chi connectivity index (χ4n) is 5.38. The normalized spacial score (nSPS) is 17.6. The Morgan fingerprint density at radius 2 is 1.72 bits per heavy atom. The Morgan fingerprint density at radius 1 is 0.944 bits per heavy atom. The van der Waals surface area contributed by atoms with Crippen LogP contribution in [0.25, 0.3) is 5.57 Å². The topological polar surface area (TPSA) is 58.6 Å². The number of allylic oxidation sites excluding steroid dienone is 1. The van der Waals surface area contributed by atoms with Crippen molar-refractivity contribution in [2.45, 2.75) is 44.6 Å². The maximum atomic E-state index is 13.7. The second-order valence-corrected chi connectivity index (χ2v) is 9.69. The van der Waals surface area contributed by atoms with Gasteiger partial charge in [0.15, 0.2) is 0 Å². The summed E-state index contributed by atoms with van der Waals surface area (Å²) in [6.45, 7) is 0. The lowest BCUT2D eigenvalue weighted by Gasteiger charge is -2.25. The first-order valence-electron chi connectivity index (χ1n) is 12.6. The fourth-order valence-corrected chi connectivity index (χ4v) is 5.38. The van der Waals surface area contributed by atoms with Gasteiger partial charge in [0.25, 0.3) is 0 Å². The molecule has 2 aliphatic rings. The molecule has 0 radical (unpaired) electrons. The van der Waals surface area contributed by atoms with Crippen molar-refractivity contribution in [1.29, 1.82) is 0 Å². The molecule has 1 aliphatic heterocycles. The molecule has 1 heterocycles. The third kappa shape index (κ3) is 5.06. The van der Waals surface area contributed by atoms with Gasteiger partial charge in [0, 0.05) is 19.2 Å². The van der Waals surface area contributed by atoms with Gasteiger partial charge >= 0.3 is 0 Å². The van der Waals surface area contributed by atoms with E-state index in [1.54, 1.807) is 19.1 Å². The smallest absolute Gasteiger partial charge is 0.249 e. The van der Waals surface area contributed by atoms with Gasteiger partial charge in [0.2, 0.25) is 11.8 Å². The van der Waals surface area contributed by atoms with Crippen LogP contribution in [0.4, 0.5) is 5.69 Å². The summed E-state index contributed by atoms with van der Waals surface area (Å²) in [6, 6.07) is 23.5. The summed E-state index contributed by atoms with van der Waals surface area (Å²) in [5.74, 6) is 0.471. The van der Waals surface area contributed by atoms with Crippen LogP contribution in [0.5, 0.6) is 5.75 Å². The van der Waals surface area contributed by atoms with E-state index in [1.807, 2.05) is 36.4 Å². The molecule has 0 saturated heterocycles. The Bertz CT molecular complexity index is 1310. The third-order valence-corrected chi connectivity index (χ3v) is 7.31. The Labute approximate surface area is 212 Å². The molecule has 3 aromatic carbocycles. The zero-order chi connectivity index (χ0) is 25.1. The predicted octanol–water partition coefficient (Wildman–Crippen LogP) is 5.12. The molecule has 1 aliphatic carbocycles. The molecule has 1 N–H and O–H groups in total. The zero-order valence-electron chi connectivity index (χ0n) is 20.9. The first-order chi connectivity index (χ1) is 17.5. The average molecular weight is 481 g/mol. The maximum Gasteiger partial charge on any atom is 0.249 e. The van der Waals surface area contributed by atoms with Crippen LogP contribution in [0, 0.1) is 0 Å². The van der Waals surface area contributed by atoms with Crippen LogP contribution in [0.2, 0.25) is 0 Å². The molecule has 36 heavy (non-hydrogen) atoms. The van der Waals surface area contributed by atoms with Crippen LogP contribution in [-0.4, -0.2) is 32.0 Å². The lowest BCUT2D eigenvalue weighted by Crippen LogP contribution is -2.48. The summed E-state index contributed by atoms with van der Waals surface area (Å²) < 4.78 is 5.25. The largest absolute Gasteiger partial charge is 0.497 e. The highest BCUT2D eigenvalue weighted by Gasteiger charge is 2.28. The molecular formula is C31H32N2O3. The number of benzene rings is 3. The lowest BCUT2D eigenvalue weighted by atomic mass is 9.97. The van der Waals surface area contributed by atoms with Crippen molar-refractivity contribution in [2.75, 3.05) is 19.1 Å².